The van der Waals surface area contributed by atoms with Crippen molar-refractivity contribution >= 4 is 23.2 Å². The molecule has 0 radical (unpaired) electrons. The number of rotatable bonds is 4. The number of methoxy groups -OCH3 is 1. The minimum absolute atomic E-state index is 0. The van der Waals surface area contributed by atoms with Gasteiger partial charge in [-0.25, -0.2) is 0 Å². The number of pyridine rings is 1. The first-order chi connectivity index (χ1) is 14.5. The van der Waals surface area contributed by atoms with Crippen molar-refractivity contribution in [1.29, 1.82) is 0 Å². The highest BCUT2D eigenvalue weighted by Gasteiger charge is 2.44. The molecule has 3 aromatic rings. The number of anilines is 2. The van der Waals surface area contributed by atoms with E-state index < -0.39 is 6.04 Å². The van der Waals surface area contributed by atoms with Crippen LogP contribution >= 0.6 is 0 Å². The van der Waals surface area contributed by atoms with E-state index in [1.165, 1.54) is 0 Å². The second-order valence-electron chi connectivity index (χ2n) is 7.43. The SMILES string of the molecule is COc1ccc(NC(=O)C2c3cccc[n+]3CC(=O)N2c2ccc(C)cc2C)cc1.[I-]. The quantitative estimate of drug-likeness (QED) is 0.392. The average molecular weight is 529 g/mol. The maximum atomic E-state index is 13.4. The van der Waals surface area contributed by atoms with Crippen molar-refractivity contribution in [2.24, 2.45) is 0 Å². The maximum absolute atomic E-state index is 13.4. The molecule has 31 heavy (non-hydrogen) atoms. The molecule has 1 atom stereocenters. The van der Waals surface area contributed by atoms with Gasteiger partial charge in [0.2, 0.25) is 18.3 Å². The predicted molar refractivity (Wildman–Crippen MR) is 114 cm³/mol. The number of aryl methyl sites for hydroxylation is 2. The van der Waals surface area contributed by atoms with Gasteiger partial charge in [0.1, 0.15) is 5.75 Å². The molecule has 7 heteroatoms. The molecule has 0 fully saturated rings. The summed E-state index contributed by atoms with van der Waals surface area (Å²) >= 11 is 0. The highest BCUT2D eigenvalue weighted by molar-refractivity contribution is 6.05. The van der Waals surface area contributed by atoms with Gasteiger partial charge in [-0.15, -0.1) is 0 Å². The van der Waals surface area contributed by atoms with Crippen LogP contribution in [0.1, 0.15) is 22.9 Å². The predicted octanol–water partition coefficient (Wildman–Crippen LogP) is 0.330. The fraction of sp³-hybridized carbons (Fsp3) is 0.208. The average Bonchev–Trinajstić information content (AvgIpc) is 2.74. The second kappa shape index (κ2) is 9.47. The van der Waals surface area contributed by atoms with Gasteiger partial charge in [0.05, 0.1) is 7.11 Å². The van der Waals surface area contributed by atoms with Crippen LogP contribution < -0.4 is 43.5 Å². The van der Waals surface area contributed by atoms with Crippen molar-refractivity contribution in [2.45, 2.75) is 26.4 Å². The van der Waals surface area contributed by atoms with Crippen molar-refractivity contribution in [3.05, 3.63) is 83.7 Å². The minimum Gasteiger partial charge on any atom is -1.00 e. The molecular formula is C24H24IN3O3. The van der Waals surface area contributed by atoms with E-state index in [-0.39, 0.29) is 42.3 Å². The first-order valence-corrected chi connectivity index (χ1v) is 9.80. The van der Waals surface area contributed by atoms with Gasteiger partial charge in [-0.2, -0.15) is 4.57 Å². The molecule has 0 saturated carbocycles. The Labute approximate surface area is 198 Å². The lowest BCUT2D eigenvalue weighted by Gasteiger charge is -2.33. The van der Waals surface area contributed by atoms with Gasteiger partial charge < -0.3 is 34.0 Å². The summed E-state index contributed by atoms with van der Waals surface area (Å²) in [7, 11) is 1.59. The molecule has 4 rings (SSSR count). The van der Waals surface area contributed by atoms with Crippen LogP contribution in [0.15, 0.2) is 66.9 Å². The van der Waals surface area contributed by atoms with Crippen LogP contribution in [0.2, 0.25) is 0 Å². The lowest BCUT2D eigenvalue weighted by atomic mass is 10.0. The van der Waals surface area contributed by atoms with Gasteiger partial charge in [0, 0.05) is 23.5 Å². The zero-order valence-electron chi connectivity index (χ0n) is 17.6. The molecule has 1 N–H and O–H groups in total. The van der Waals surface area contributed by atoms with Crippen LogP contribution in [0.5, 0.6) is 5.75 Å². The monoisotopic (exact) mass is 529 g/mol. The molecule has 1 aliphatic heterocycles. The van der Waals surface area contributed by atoms with Gasteiger partial charge in [0.15, 0.2) is 6.20 Å². The van der Waals surface area contributed by atoms with E-state index in [1.54, 1.807) is 36.3 Å². The fourth-order valence-electron chi connectivity index (χ4n) is 3.87. The van der Waals surface area contributed by atoms with Gasteiger partial charge in [-0.3, -0.25) is 14.5 Å². The highest BCUT2D eigenvalue weighted by atomic mass is 127. The van der Waals surface area contributed by atoms with Crippen LogP contribution in [0.25, 0.3) is 0 Å². The molecule has 6 nitrogen and oxygen atoms in total. The number of ether oxygens (including phenoxy) is 1. The number of hydrogen-bond acceptors (Lipinski definition) is 3. The number of benzene rings is 2. The Morgan fingerprint density at radius 1 is 1.10 bits per heavy atom. The molecule has 0 aliphatic carbocycles. The third-order valence-corrected chi connectivity index (χ3v) is 5.31. The third kappa shape index (κ3) is 4.56. The largest absolute Gasteiger partial charge is 1.00 e. The molecule has 0 spiro atoms. The van der Waals surface area contributed by atoms with Crippen molar-refractivity contribution < 1.29 is 42.9 Å². The van der Waals surface area contributed by atoms with Crippen molar-refractivity contribution in [3.8, 4) is 5.75 Å². The summed E-state index contributed by atoms with van der Waals surface area (Å²) in [6.07, 6.45) is 1.83. The Kier molecular flexibility index (Phi) is 6.94. The lowest BCUT2D eigenvalue weighted by molar-refractivity contribution is -0.695. The van der Waals surface area contributed by atoms with E-state index in [2.05, 4.69) is 5.32 Å². The van der Waals surface area contributed by atoms with Crippen LogP contribution in [0.4, 0.5) is 11.4 Å². The zero-order chi connectivity index (χ0) is 21.3. The van der Waals surface area contributed by atoms with Crippen molar-refractivity contribution in [1.82, 2.24) is 0 Å². The van der Waals surface area contributed by atoms with Gasteiger partial charge in [0.25, 0.3) is 11.8 Å². The number of aromatic nitrogens is 1. The number of halogens is 1. The molecule has 2 aromatic carbocycles. The van der Waals surface area contributed by atoms with E-state index in [0.29, 0.717) is 11.4 Å². The lowest BCUT2D eigenvalue weighted by Crippen LogP contribution is -3.00. The summed E-state index contributed by atoms with van der Waals surface area (Å²) in [5.74, 6) is 0.312. The third-order valence-electron chi connectivity index (χ3n) is 5.31. The highest BCUT2D eigenvalue weighted by Crippen LogP contribution is 2.32. The fourth-order valence-corrected chi connectivity index (χ4v) is 3.87. The Bertz CT molecular complexity index is 1120. The number of nitrogens with zero attached hydrogens (tertiary/aromatic N) is 2. The van der Waals surface area contributed by atoms with Crippen LogP contribution in [-0.4, -0.2) is 18.9 Å². The topological polar surface area (TPSA) is 62.5 Å². The van der Waals surface area contributed by atoms with Gasteiger partial charge in [-0.1, -0.05) is 23.8 Å². The number of amides is 2. The molecule has 1 unspecified atom stereocenters. The number of nitrogens with one attached hydrogen (secondary N) is 1. The second-order valence-corrected chi connectivity index (χ2v) is 7.43. The molecule has 0 bridgehead atoms. The Morgan fingerprint density at radius 3 is 2.52 bits per heavy atom. The van der Waals surface area contributed by atoms with Gasteiger partial charge >= 0.3 is 0 Å². The Morgan fingerprint density at radius 2 is 1.84 bits per heavy atom. The van der Waals surface area contributed by atoms with Crippen molar-refractivity contribution in [3.63, 3.8) is 0 Å². The smallest absolute Gasteiger partial charge is 0.294 e. The van der Waals surface area contributed by atoms with E-state index in [0.717, 1.165) is 22.5 Å². The normalized spacial score (nSPS) is 15.0. The number of carbonyl (C=O) groups excluding carboxylic acids is 2. The van der Waals surface area contributed by atoms with Crippen LogP contribution in [-0.2, 0) is 16.1 Å². The first-order valence-electron chi connectivity index (χ1n) is 9.80. The zero-order valence-corrected chi connectivity index (χ0v) is 19.8. The minimum atomic E-state index is -0.782. The van der Waals surface area contributed by atoms with Crippen LogP contribution in [0, 0.1) is 13.8 Å². The van der Waals surface area contributed by atoms with E-state index in [4.69, 9.17) is 4.74 Å². The molecular weight excluding hydrogens is 505 g/mol. The summed E-state index contributed by atoms with van der Waals surface area (Å²) < 4.78 is 7.01. The molecule has 1 aliphatic rings. The molecule has 160 valence electrons. The molecule has 2 amide bonds. The summed E-state index contributed by atoms with van der Waals surface area (Å²) in [4.78, 5) is 28.2. The van der Waals surface area contributed by atoms with Gasteiger partial charge in [-0.05, 0) is 49.7 Å². The number of carbonyl (C=O) groups is 2. The van der Waals surface area contributed by atoms with E-state index in [9.17, 15) is 9.59 Å². The Hall–Kier alpha value is -2.94. The van der Waals surface area contributed by atoms with E-state index in [1.807, 2.05) is 61.0 Å². The maximum Gasteiger partial charge on any atom is 0.294 e. The standard InChI is InChI=1S/C24H23N3O3.HI/c1-16-7-12-20(17(2)14-16)27-22(28)15-26-13-5-4-6-21(26)23(27)24(29)25-18-8-10-19(30-3)11-9-18;/h4-14,23H,15H2,1-3H3;1H. The van der Waals surface area contributed by atoms with E-state index >= 15 is 0 Å². The van der Waals surface area contributed by atoms with Crippen LogP contribution in [0.3, 0.4) is 0 Å². The summed E-state index contributed by atoms with van der Waals surface area (Å²) in [5.41, 5.74) is 4.21. The number of hydrogen-bond donors (Lipinski definition) is 1. The summed E-state index contributed by atoms with van der Waals surface area (Å²) in [5, 5.41) is 2.95. The summed E-state index contributed by atoms with van der Waals surface area (Å²) in [6, 6.07) is 17.9. The molecule has 2 heterocycles. The summed E-state index contributed by atoms with van der Waals surface area (Å²) in [6.45, 7) is 4.16. The molecule has 0 saturated heterocycles. The Balaban J connectivity index is 0.00000272. The van der Waals surface area contributed by atoms with Crippen molar-refractivity contribution in [2.75, 3.05) is 17.3 Å². The number of fused-ring (bicyclic) bond motifs is 1. The first kappa shape index (κ1) is 22.7. The molecule has 1 aromatic heterocycles.